The minimum absolute atomic E-state index is 0.0185. The second-order valence-electron chi connectivity index (χ2n) is 3.36. The van der Waals surface area contributed by atoms with E-state index in [0.29, 0.717) is 0 Å². The zero-order valence-electron chi connectivity index (χ0n) is 7.46. The average molecular weight is 178 g/mol. The first-order valence-electron chi connectivity index (χ1n) is 4.54. The molecule has 0 aliphatic carbocycles. The molecule has 0 spiro atoms. The van der Waals surface area contributed by atoms with Crippen molar-refractivity contribution in [1.82, 2.24) is 5.32 Å². The predicted octanol–water partition coefficient (Wildman–Crippen LogP) is 0.448. The normalized spacial score (nSPS) is 21.2. The Balaban J connectivity index is 2.47. The SMILES string of the molecule is Nc1cccc2c1[C@@H](CO)NCC2. The standard InChI is InChI=1S/C10H14N2O/c11-8-3-1-2-7-4-5-12-9(6-13)10(7)8/h1-3,9,12-13H,4-6,11H2/t9-/m1/s1. The average Bonchev–Trinajstić information content (AvgIpc) is 2.17. The van der Waals surface area contributed by atoms with Gasteiger partial charge in [-0.25, -0.2) is 0 Å². The first-order chi connectivity index (χ1) is 6.33. The van der Waals surface area contributed by atoms with E-state index in [1.807, 2.05) is 12.1 Å². The fourth-order valence-electron chi connectivity index (χ4n) is 1.91. The van der Waals surface area contributed by atoms with Crippen LogP contribution >= 0.6 is 0 Å². The van der Waals surface area contributed by atoms with Crippen molar-refractivity contribution in [3.8, 4) is 0 Å². The number of benzene rings is 1. The third-order valence-electron chi connectivity index (χ3n) is 2.55. The zero-order valence-corrected chi connectivity index (χ0v) is 7.46. The summed E-state index contributed by atoms with van der Waals surface area (Å²) in [5.74, 6) is 0. The fourth-order valence-corrected chi connectivity index (χ4v) is 1.91. The first-order valence-corrected chi connectivity index (χ1v) is 4.54. The maximum Gasteiger partial charge on any atom is 0.0627 e. The molecule has 3 nitrogen and oxygen atoms in total. The molecule has 1 heterocycles. The molecule has 1 aromatic rings. The van der Waals surface area contributed by atoms with Crippen molar-refractivity contribution in [3.63, 3.8) is 0 Å². The Morgan fingerprint density at radius 3 is 3.15 bits per heavy atom. The van der Waals surface area contributed by atoms with Gasteiger partial charge in [0.25, 0.3) is 0 Å². The number of nitrogens with one attached hydrogen (secondary N) is 1. The van der Waals surface area contributed by atoms with Crippen LogP contribution in [0.2, 0.25) is 0 Å². The monoisotopic (exact) mass is 178 g/mol. The summed E-state index contributed by atoms with van der Waals surface area (Å²) in [7, 11) is 0. The van der Waals surface area contributed by atoms with Crippen LogP contribution in [0.25, 0.3) is 0 Å². The molecule has 4 N–H and O–H groups in total. The Morgan fingerprint density at radius 1 is 1.54 bits per heavy atom. The Morgan fingerprint density at radius 2 is 2.38 bits per heavy atom. The summed E-state index contributed by atoms with van der Waals surface area (Å²) in [4.78, 5) is 0. The van der Waals surface area contributed by atoms with E-state index >= 15 is 0 Å². The van der Waals surface area contributed by atoms with Crippen molar-refractivity contribution >= 4 is 5.69 Å². The van der Waals surface area contributed by atoms with E-state index in [9.17, 15) is 0 Å². The van der Waals surface area contributed by atoms with E-state index in [4.69, 9.17) is 10.8 Å². The van der Waals surface area contributed by atoms with Gasteiger partial charge in [0.2, 0.25) is 0 Å². The maximum absolute atomic E-state index is 9.14. The number of nitrogen functional groups attached to an aromatic ring is 1. The molecular weight excluding hydrogens is 164 g/mol. The lowest BCUT2D eigenvalue weighted by Crippen LogP contribution is -2.32. The second-order valence-corrected chi connectivity index (χ2v) is 3.36. The molecule has 1 atom stereocenters. The topological polar surface area (TPSA) is 58.3 Å². The minimum atomic E-state index is 0.0185. The van der Waals surface area contributed by atoms with Crippen molar-refractivity contribution in [3.05, 3.63) is 29.3 Å². The highest BCUT2D eigenvalue weighted by Crippen LogP contribution is 2.27. The van der Waals surface area contributed by atoms with Gasteiger partial charge in [0, 0.05) is 5.69 Å². The van der Waals surface area contributed by atoms with Crippen LogP contribution in [0.3, 0.4) is 0 Å². The van der Waals surface area contributed by atoms with E-state index in [-0.39, 0.29) is 12.6 Å². The molecule has 0 unspecified atom stereocenters. The lowest BCUT2D eigenvalue weighted by molar-refractivity contribution is 0.240. The van der Waals surface area contributed by atoms with Crippen molar-refractivity contribution in [2.24, 2.45) is 0 Å². The minimum Gasteiger partial charge on any atom is -0.398 e. The number of rotatable bonds is 1. The molecule has 0 bridgehead atoms. The molecule has 2 rings (SSSR count). The highest BCUT2D eigenvalue weighted by molar-refractivity contribution is 5.53. The van der Waals surface area contributed by atoms with E-state index in [1.165, 1.54) is 5.56 Å². The van der Waals surface area contributed by atoms with Crippen LogP contribution in [-0.4, -0.2) is 18.3 Å². The number of hydrogen-bond donors (Lipinski definition) is 3. The summed E-state index contributed by atoms with van der Waals surface area (Å²) in [5, 5.41) is 12.4. The summed E-state index contributed by atoms with van der Waals surface area (Å²) in [6, 6.07) is 5.95. The molecule has 1 aliphatic heterocycles. The van der Waals surface area contributed by atoms with Gasteiger partial charge in [-0.05, 0) is 30.2 Å². The van der Waals surface area contributed by atoms with Crippen molar-refractivity contribution in [2.75, 3.05) is 18.9 Å². The second kappa shape index (κ2) is 3.36. The van der Waals surface area contributed by atoms with Crippen molar-refractivity contribution in [2.45, 2.75) is 12.5 Å². The predicted molar refractivity (Wildman–Crippen MR) is 52.4 cm³/mol. The third kappa shape index (κ3) is 1.41. The van der Waals surface area contributed by atoms with Gasteiger partial charge < -0.3 is 16.2 Å². The van der Waals surface area contributed by atoms with E-state index in [0.717, 1.165) is 24.2 Å². The van der Waals surface area contributed by atoms with Crippen LogP contribution < -0.4 is 11.1 Å². The summed E-state index contributed by atoms with van der Waals surface area (Å²) < 4.78 is 0. The molecule has 0 aromatic heterocycles. The van der Waals surface area contributed by atoms with Gasteiger partial charge in [-0.1, -0.05) is 12.1 Å². The summed E-state index contributed by atoms with van der Waals surface area (Å²) in [6.45, 7) is 1.03. The Hall–Kier alpha value is -1.06. The van der Waals surface area contributed by atoms with Crippen molar-refractivity contribution < 1.29 is 5.11 Å². The number of fused-ring (bicyclic) bond motifs is 1. The molecule has 0 amide bonds. The fraction of sp³-hybridized carbons (Fsp3) is 0.400. The Bertz CT molecular complexity index is 312. The highest BCUT2D eigenvalue weighted by atomic mass is 16.3. The van der Waals surface area contributed by atoms with E-state index in [1.54, 1.807) is 0 Å². The van der Waals surface area contributed by atoms with Gasteiger partial charge >= 0.3 is 0 Å². The van der Waals surface area contributed by atoms with Gasteiger partial charge in [0.15, 0.2) is 0 Å². The maximum atomic E-state index is 9.14. The smallest absolute Gasteiger partial charge is 0.0627 e. The van der Waals surface area contributed by atoms with Gasteiger partial charge in [-0.2, -0.15) is 0 Å². The number of aliphatic hydroxyl groups is 1. The van der Waals surface area contributed by atoms with Gasteiger partial charge in [-0.3, -0.25) is 0 Å². The van der Waals surface area contributed by atoms with E-state index in [2.05, 4.69) is 11.4 Å². The first kappa shape index (κ1) is 8.53. The summed E-state index contributed by atoms with van der Waals surface area (Å²) in [6.07, 6.45) is 0.997. The molecule has 13 heavy (non-hydrogen) atoms. The lowest BCUT2D eigenvalue weighted by Gasteiger charge is -2.26. The quantitative estimate of drug-likeness (QED) is 0.547. The molecule has 0 saturated heterocycles. The van der Waals surface area contributed by atoms with Crippen molar-refractivity contribution in [1.29, 1.82) is 0 Å². The lowest BCUT2D eigenvalue weighted by atomic mass is 9.93. The molecule has 0 radical (unpaired) electrons. The van der Waals surface area contributed by atoms with Gasteiger partial charge in [0.05, 0.1) is 12.6 Å². The highest BCUT2D eigenvalue weighted by Gasteiger charge is 2.20. The Kier molecular flexibility index (Phi) is 2.20. The van der Waals surface area contributed by atoms with Gasteiger partial charge in [-0.15, -0.1) is 0 Å². The molecular formula is C10H14N2O. The summed E-state index contributed by atoms with van der Waals surface area (Å²) in [5.41, 5.74) is 8.98. The largest absolute Gasteiger partial charge is 0.398 e. The molecule has 70 valence electrons. The number of hydrogen-bond acceptors (Lipinski definition) is 3. The van der Waals surface area contributed by atoms with E-state index < -0.39 is 0 Å². The molecule has 0 saturated carbocycles. The molecule has 1 aliphatic rings. The van der Waals surface area contributed by atoms with Gasteiger partial charge in [0.1, 0.15) is 0 Å². The number of anilines is 1. The molecule has 0 fully saturated rings. The molecule has 1 aromatic carbocycles. The number of nitrogens with two attached hydrogens (primary N) is 1. The van der Waals surface area contributed by atoms with Crippen LogP contribution in [0.5, 0.6) is 0 Å². The van der Waals surface area contributed by atoms with Crippen LogP contribution in [-0.2, 0) is 6.42 Å². The number of aliphatic hydroxyl groups excluding tert-OH is 1. The van der Waals surface area contributed by atoms with Crippen LogP contribution in [0, 0.1) is 0 Å². The molecule has 3 heteroatoms. The Labute approximate surface area is 77.6 Å². The van der Waals surface area contributed by atoms with Crippen LogP contribution in [0.1, 0.15) is 17.2 Å². The van der Waals surface area contributed by atoms with Crippen LogP contribution in [0.15, 0.2) is 18.2 Å². The summed E-state index contributed by atoms with van der Waals surface area (Å²) >= 11 is 0. The van der Waals surface area contributed by atoms with Crippen LogP contribution in [0.4, 0.5) is 5.69 Å². The third-order valence-corrected chi connectivity index (χ3v) is 2.55. The zero-order chi connectivity index (χ0) is 9.26.